The summed E-state index contributed by atoms with van der Waals surface area (Å²) < 4.78 is 29.9. The predicted octanol–water partition coefficient (Wildman–Crippen LogP) is 6.02. The average molecular weight is 522 g/mol. The van der Waals surface area contributed by atoms with Gasteiger partial charge in [0, 0.05) is 35.9 Å². The number of halogens is 1. The Labute approximate surface area is 214 Å². The number of hydrogen-bond donors (Lipinski definition) is 0. The fraction of sp³-hybridized carbons (Fsp3) is 0.160. The highest BCUT2D eigenvalue weighted by atomic mass is 32.2. The van der Waals surface area contributed by atoms with E-state index < -0.39 is 0 Å². The quantitative estimate of drug-likeness (QED) is 0.160. The molecule has 0 aliphatic rings. The highest BCUT2D eigenvalue weighted by Gasteiger charge is 2.12. The van der Waals surface area contributed by atoms with Crippen molar-refractivity contribution in [1.82, 2.24) is 25.4 Å². The molecule has 0 bridgehead atoms. The van der Waals surface area contributed by atoms with Crippen LogP contribution in [0.5, 0.6) is 0 Å². The number of nitrogens with zero attached hydrogens (tertiary/aromatic N) is 5. The molecule has 0 unspecified atom stereocenters. The number of rotatable bonds is 10. The van der Waals surface area contributed by atoms with Crippen LogP contribution in [-0.4, -0.2) is 44.8 Å². The highest BCUT2D eigenvalue weighted by Crippen LogP contribution is 2.29. The van der Waals surface area contributed by atoms with Crippen LogP contribution < -0.4 is 0 Å². The minimum absolute atomic E-state index is 0.278. The van der Waals surface area contributed by atoms with Crippen LogP contribution in [0.3, 0.4) is 0 Å². The van der Waals surface area contributed by atoms with Gasteiger partial charge in [0.2, 0.25) is 11.8 Å². The van der Waals surface area contributed by atoms with E-state index in [1.165, 1.54) is 35.7 Å². The molecule has 5 rings (SSSR count). The fourth-order valence-electron chi connectivity index (χ4n) is 3.28. The Hall–Kier alpha value is -3.54. The number of pyridine rings is 1. The molecule has 182 valence electrons. The Kier molecular flexibility index (Phi) is 7.70. The van der Waals surface area contributed by atoms with Gasteiger partial charge in [0.15, 0.2) is 0 Å². The van der Waals surface area contributed by atoms with Crippen LogP contribution in [0.1, 0.15) is 5.69 Å². The van der Waals surface area contributed by atoms with Gasteiger partial charge < -0.3 is 13.6 Å². The largest absolute Gasteiger partial charge is 0.411 e. The third kappa shape index (κ3) is 5.99. The first-order valence-corrected chi connectivity index (χ1v) is 12.9. The number of ether oxygens (including phenoxy) is 1. The zero-order valence-corrected chi connectivity index (χ0v) is 20.8. The van der Waals surface area contributed by atoms with Gasteiger partial charge in [-0.15, -0.1) is 20.4 Å². The summed E-state index contributed by atoms with van der Waals surface area (Å²) in [5, 5.41) is 17.2. The molecule has 5 aromatic rings. The van der Waals surface area contributed by atoms with Crippen LogP contribution in [0.4, 0.5) is 4.39 Å². The molecule has 0 fully saturated rings. The van der Waals surface area contributed by atoms with Crippen LogP contribution in [0.2, 0.25) is 0 Å². The smallest absolute Gasteiger partial charge is 0.277 e. The van der Waals surface area contributed by atoms with Crippen LogP contribution in [0, 0.1) is 5.82 Å². The van der Waals surface area contributed by atoms with Gasteiger partial charge in [0.1, 0.15) is 5.82 Å². The molecule has 8 nitrogen and oxygen atoms in total. The summed E-state index contributed by atoms with van der Waals surface area (Å²) >= 11 is 2.83. The minimum Gasteiger partial charge on any atom is -0.411 e. The maximum absolute atomic E-state index is 13.4. The summed E-state index contributed by atoms with van der Waals surface area (Å²) in [7, 11) is 1.66. The zero-order valence-electron chi connectivity index (χ0n) is 19.1. The summed E-state index contributed by atoms with van der Waals surface area (Å²) in [5.74, 6) is 1.70. The number of hydrogen-bond acceptors (Lipinski definition) is 10. The third-order valence-corrected chi connectivity index (χ3v) is 6.66. The van der Waals surface area contributed by atoms with Crippen LogP contribution in [0.25, 0.3) is 34.0 Å². The number of aromatic nitrogens is 5. The lowest BCUT2D eigenvalue weighted by Crippen LogP contribution is -1.90. The van der Waals surface area contributed by atoms with E-state index in [2.05, 4.69) is 25.4 Å². The van der Waals surface area contributed by atoms with Gasteiger partial charge in [-0.1, -0.05) is 41.7 Å². The molecule has 2 aromatic carbocycles. The Morgan fingerprint density at radius 2 is 1.50 bits per heavy atom. The minimum atomic E-state index is -0.354. The highest BCUT2D eigenvalue weighted by molar-refractivity contribution is 7.99. The first-order chi connectivity index (χ1) is 17.7. The van der Waals surface area contributed by atoms with Crippen molar-refractivity contribution in [2.75, 3.05) is 19.5 Å². The Bertz CT molecular complexity index is 1440. The van der Waals surface area contributed by atoms with Crippen LogP contribution in [-0.2, 0) is 10.5 Å². The van der Waals surface area contributed by atoms with E-state index in [1.54, 1.807) is 25.4 Å². The normalized spacial score (nSPS) is 11.2. The molecule has 3 heterocycles. The maximum atomic E-state index is 13.4. The maximum Gasteiger partial charge on any atom is 0.277 e. The molecule has 0 radical (unpaired) electrons. The summed E-state index contributed by atoms with van der Waals surface area (Å²) in [4.78, 5) is 4.45. The molecule has 0 aliphatic carbocycles. The molecule has 0 saturated heterocycles. The lowest BCUT2D eigenvalue weighted by Gasteiger charge is -2.05. The summed E-state index contributed by atoms with van der Waals surface area (Å²) in [6.45, 7) is 0.619. The van der Waals surface area contributed by atoms with E-state index in [1.807, 2.05) is 36.4 Å². The van der Waals surface area contributed by atoms with E-state index >= 15 is 0 Å². The Balaban J connectivity index is 1.22. The molecular weight excluding hydrogens is 501 g/mol. The van der Waals surface area contributed by atoms with E-state index in [0.29, 0.717) is 34.3 Å². The molecule has 0 N–H and O–H groups in total. The first kappa shape index (κ1) is 24.2. The van der Waals surface area contributed by atoms with Crippen molar-refractivity contribution in [3.63, 3.8) is 0 Å². The van der Waals surface area contributed by atoms with E-state index in [0.717, 1.165) is 28.1 Å². The van der Waals surface area contributed by atoms with Crippen molar-refractivity contribution >= 4 is 23.5 Å². The van der Waals surface area contributed by atoms with Crippen molar-refractivity contribution in [3.05, 3.63) is 78.4 Å². The van der Waals surface area contributed by atoms with Crippen molar-refractivity contribution in [3.8, 4) is 34.0 Å². The second-order valence-corrected chi connectivity index (χ2v) is 9.47. The Morgan fingerprint density at radius 3 is 2.25 bits per heavy atom. The molecular formula is C25H20FN5O3S2. The van der Waals surface area contributed by atoms with E-state index in [-0.39, 0.29) is 11.7 Å². The SMILES string of the molecule is COCCSc1nnc(-c2ccc(-c3ccnc(CSc4nnc(-c5cccc(F)c5)o4)c3)cc2)o1. The van der Waals surface area contributed by atoms with E-state index in [9.17, 15) is 4.39 Å². The fourth-order valence-corrected chi connectivity index (χ4v) is 4.61. The van der Waals surface area contributed by atoms with Crippen molar-refractivity contribution in [2.45, 2.75) is 16.2 Å². The van der Waals surface area contributed by atoms with Crippen molar-refractivity contribution in [2.24, 2.45) is 0 Å². The average Bonchev–Trinajstić information content (AvgIpc) is 3.58. The lowest BCUT2D eigenvalue weighted by atomic mass is 10.0. The summed E-state index contributed by atoms with van der Waals surface area (Å²) in [6.07, 6.45) is 1.77. The first-order valence-electron chi connectivity index (χ1n) is 10.9. The molecule has 11 heteroatoms. The number of methoxy groups -OCH3 is 1. The number of thioether (sulfide) groups is 2. The second kappa shape index (κ2) is 11.5. The molecule has 0 amide bonds. The van der Waals surface area contributed by atoms with Gasteiger partial charge in [0.25, 0.3) is 10.4 Å². The van der Waals surface area contributed by atoms with Gasteiger partial charge >= 0.3 is 0 Å². The van der Waals surface area contributed by atoms with E-state index in [4.69, 9.17) is 13.6 Å². The third-order valence-electron chi connectivity index (χ3n) is 5.02. The molecule has 3 aromatic heterocycles. The molecule has 0 aliphatic heterocycles. The molecule has 0 saturated carbocycles. The topological polar surface area (TPSA) is 100.0 Å². The second-order valence-electron chi connectivity index (χ2n) is 7.50. The number of benzene rings is 2. The van der Waals surface area contributed by atoms with Gasteiger partial charge in [-0.2, -0.15) is 0 Å². The van der Waals surface area contributed by atoms with Gasteiger partial charge in [-0.3, -0.25) is 4.98 Å². The van der Waals surface area contributed by atoms with Gasteiger partial charge in [-0.25, -0.2) is 4.39 Å². The zero-order chi connectivity index (χ0) is 24.7. The van der Waals surface area contributed by atoms with Crippen molar-refractivity contribution < 1.29 is 18.0 Å². The lowest BCUT2D eigenvalue weighted by molar-refractivity contribution is 0.218. The monoisotopic (exact) mass is 521 g/mol. The standard InChI is InChI=1S/C25H20FN5O3S2/c1-32-11-12-35-24-30-28-22(33-24)17-7-5-16(6-8-17)18-9-10-27-21(14-18)15-36-25-31-29-23(34-25)19-3-2-4-20(26)13-19/h2-10,13-14H,11-12,15H2,1H3. The van der Waals surface area contributed by atoms with Gasteiger partial charge in [0.05, 0.1) is 12.3 Å². The molecule has 0 atom stereocenters. The van der Waals surface area contributed by atoms with Gasteiger partial charge in [-0.05, 0) is 53.6 Å². The summed E-state index contributed by atoms with van der Waals surface area (Å²) in [6, 6.07) is 17.9. The van der Waals surface area contributed by atoms with Crippen molar-refractivity contribution in [1.29, 1.82) is 0 Å². The predicted molar refractivity (Wildman–Crippen MR) is 135 cm³/mol. The summed E-state index contributed by atoms with van der Waals surface area (Å²) in [5.41, 5.74) is 4.31. The molecule has 0 spiro atoms. The molecule has 36 heavy (non-hydrogen) atoms. The Morgan fingerprint density at radius 1 is 0.778 bits per heavy atom. The van der Waals surface area contributed by atoms with Crippen LogP contribution in [0.15, 0.2) is 86.1 Å². The van der Waals surface area contributed by atoms with Crippen LogP contribution >= 0.6 is 23.5 Å².